The molecule has 4 aromatic rings. The molecule has 8 nitrogen and oxygen atoms in total. The standard InChI is InChI=1S/C30H28N2O6/c1-18(20-10-14-25(36-3)15-11-20)37-29(35)31-26-19(2)38-32-27(26)23-6-4-21(5-7-23)22-8-12-24(13-9-22)30(16-17-30)28(33)34/h4-15,18H,16-17H2,1-3H3,(H,31,35)(H,33,34)/t18-/m1/s1. The summed E-state index contributed by atoms with van der Waals surface area (Å²) in [6.07, 6.45) is 0.267. The van der Waals surface area contributed by atoms with Gasteiger partial charge < -0.3 is 19.1 Å². The highest BCUT2D eigenvalue weighted by Crippen LogP contribution is 2.48. The molecule has 1 fully saturated rings. The predicted octanol–water partition coefficient (Wildman–Crippen LogP) is 6.75. The summed E-state index contributed by atoms with van der Waals surface area (Å²) in [5.41, 5.74) is 4.62. The second kappa shape index (κ2) is 10.0. The molecule has 1 amide bonds. The van der Waals surface area contributed by atoms with Gasteiger partial charge in [0.1, 0.15) is 23.2 Å². The van der Waals surface area contributed by atoms with Crippen LogP contribution in [0.25, 0.3) is 22.4 Å². The molecule has 1 saturated carbocycles. The van der Waals surface area contributed by atoms with E-state index in [1.165, 1.54) is 0 Å². The van der Waals surface area contributed by atoms with Crippen LogP contribution in [0.2, 0.25) is 0 Å². The summed E-state index contributed by atoms with van der Waals surface area (Å²) in [6, 6.07) is 22.7. The van der Waals surface area contributed by atoms with E-state index in [9.17, 15) is 14.7 Å². The molecule has 0 aliphatic heterocycles. The molecule has 5 rings (SSSR count). The Morgan fingerprint density at radius 2 is 1.53 bits per heavy atom. The number of aryl methyl sites for hydroxylation is 1. The van der Waals surface area contributed by atoms with Crippen molar-refractivity contribution in [3.8, 4) is 28.1 Å². The van der Waals surface area contributed by atoms with Crippen molar-refractivity contribution >= 4 is 17.7 Å². The molecule has 0 unspecified atom stereocenters. The van der Waals surface area contributed by atoms with Crippen LogP contribution in [0.5, 0.6) is 5.75 Å². The molecule has 1 aliphatic rings. The zero-order valence-corrected chi connectivity index (χ0v) is 21.4. The van der Waals surface area contributed by atoms with E-state index in [0.29, 0.717) is 30.0 Å². The lowest BCUT2D eigenvalue weighted by molar-refractivity contribution is -0.140. The molecule has 38 heavy (non-hydrogen) atoms. The molecular formula is C30H28N2O6. The number of carboxylic acid groups (broad SMARTS) is 1. The number of carbonyl (C=O) groups is 2. The molecule has 0 saturated heterocycles. The lowest BCUT2D eigenvalue weighted by Crippen LogP contribution is -2.19. The van der Waals surface area contributed by atoms with E-state index in [-0.39, 0.29) is 0 Å². The van der Waals surface area contributed by atoms with Gasteiger partial charge in [0, 0.05) is 5.56 Å². The van der Waals surface area contributed by atoms with Crippen LogP contribution >= 0.6 is 0 Å². The molecule has 0 spiro atoms. The molecule has 3 aromatic carbocycles. The van der Waals surface area contributed by atoms with Gasteiger partial charge in [-0.25, -0.2) is 4.79 Å². The zero-order valence-electron chi connectivity index (χ0n) is 21.4. The first-order chi connectivity index (χ1) is 18.3. The van der Waals surface area contributed by atoms with Crippen molar-refractivity contribution in [1.29, 1.82) is 0 Å². The van der Waals surface area contributed by atoms with Crippen LogP contribution in [0.4, 0.5) is 10.5 Å². The largest absolute Gasteiger partial charge is 0.497 e. The summed E-state index contributed by atoms with van der Waals surface area (Å²) in [7, 11) is 1.60. The Hall–Kier alpha value is -4.59. The highest BCUT2D eigenvalue weighted by atomic mass is 16.6. The van der Waals surface area contributed by atoms with Crippen LogP contribution in [0, 0.1) is 6.92 Å². The quantitative estimate of drug-likeness (QED) is 0.269. The van der Waals surface area contributed by atoms with Crippen molar-refractivity contribution in [2.45, 2.75) is 38.2 Å². The van der Waals surface area contributed by atoms with Crippen LogP contribution in [-0.2, 0) is 14.9 Å². The second-order valence-corrected chi connectivity index (χ2v) is 9.45. The van der Waals surface area contributed by atoms with Crippen LogP contribution in [0.1, 0.15) is 42.8 Å². The summed E-state index contributed by atoms with van der Waals surface area (Å²) in [4.78, 5) is 24.3. The molecule has 2 N–H and O–H groups in total. The number of hydrogen-bond donors (Lipinski definition) is 2. The van der Waals surface area contributed by atoms with E-state index in [0.717, 1.165) is 33.6 Å². The molecule has 0 bridgehead atoms. The van der Waals surface area contributed by atoms with Crippen molar-refractivity contribution in [2.24, 2.45) is 0 Å². The highest BCUT2D eigenvalue weighted by Gasteiger charge is 2.51. The number of ether oxygens (including phenoxy) is 2. The monoisotopic (exact) mass is 512 g/mol. The molecule has 8 heteroatoms. The minimum atomic E-state index is -0.763. The van der Waals surface area contributed by atoms with Crippen LogP contribution < -0.4 is 10.1 Å². The second-order valence-electron chi connectivity index (χ2n) is 9.45. The Bertz CT molecular complexity index is 1450. The molecule has 1 heterocycles. The number of benzene rings is 3. The van der Waals surface area contributed by atoms with Crippen molar-refractivity contribution in [3.63, 3.8) is 0 Å². The van der Waals surface area contributed by atoms with Gasteiger partial charge in [0.15, 0.2) is 5.76 Å². The smallest absolute Gasteiger partial charge is 0.412 e. The summed E-state index contributed by atoms with van der Waals surface area (Å²) < 4.78 is 16.1. The van der Waals surface area contributed by atoms with Crippen LogP contribution in [-0.4, -0.2) is 29.4 Å². The molecule has 1 atom stereocenters. The first kappa shape index (κ1) is 25.1. The first-order valence-electron chi connectivity index (χ1n) is 12.3. The topological polar surface area (TPSA) is 111 Å². The van der Waals surface area contributed by atoms with Gasteiger partial charge in [-0.15, -0.1) is 0 Å². The predicted molar refractivity (Wildman–Crippen MR) is 142 cm³/mol. The number of nitrogens with one attached hydrogen (secondary N) is 1. The molecule has 194 valence electrons. The normalized spacial score (nSPS) is 14.4. The van der Waals surface area contributed by atoms with Crippen LogP contribution in [0.15, 0.2) is 77.3 Å². The average molecular weight is 513 g/mol. The number of hydrogen-bond acceptors (Lipinski definition) is 6. The zero-order chi connectivity index (χ0) is 26.9. The number of aromatic nitrogens is 1. The number of nitrogens with zero attached hydrogens (tertiary/aromatic N) is 1. The number of anilines is 1. The fraction of sp³-hybridized carbons (Fsp3) is 0.233. The van der Waals surface area contributed by atoms with E-state index < -0.39 is 23.6 Å². The summed E-state index contributed by atoms with van der Waals surface area (Å²) >= 11 is 0. The Morgan fingerprint density at radius 3 is 2.08 bits per heavy atom. The number of rotatable bonds is 8. The Labute approximate surface area is 220 Å². The van der Waals surface area contributed by atoms with Gasteiger partial charge in [-0.05, 0) is 61.1 Å². The number of amides is 1. The van der Waals surface area contributed by atoms with E-state index >= 15 is 0 Å². The van der Waals surface area contributed by atoms with E-state index in [1.54, 1.807) is 21.0 Å². The van der Waals surface area contributed by atoms with Gasteiger partial charge in [0.05, 0.1) is 12.5 Å². The first-order valence-corrected chi connectivity index (χ1v) is 12.3. The van der Waals surface area contributed by atoms with Crippen LogP contribution in [0.3, 0.4) is 0 Å². The summed E-state index contributed by atoms with van der Waals surface area (Å²) in [5.74, 6) is 0.421. The Morgan fingerprint density at radius 1 is 0.947 bits per heavy atom. The lowest BCUT2D eigenvalue weighted by Gasteiger charge is -2.15. The van der Waals surface area contributed by atoms with E-state index in [4.69, 9.17) is 14.0 Å². The van der Waals surface area contributed by atoms with Crippen molar-refractivity contribution < 1.29 is 28.7 Å². The molecule has 0 radical (unpaired) electrons. The maximum absolute atomic E-state index is 12.7. The maximum atomic E-state index is 12.7. The SMILES string of the molecule is COc1ccc([C@@H](C)OC(=O)Nc2c(-c3ccc(-c4ccc(C5(C(=O)O)CC5)cc4)cc3)noc2C)cc1. The van der Waals surface area contributed by atoms with E-state index in [2.05, 4.69) is 10.5 Å². The third kappa shape index (κ3) is 4.85. The Kier molecular flexibility index (Phi) is 6.63. The minimum Gasteiger partial charge on any atom is -0.497 e. The van der Waals surface area contributed by atoms with Gasteiger partial charge in [0.2, 0.25) is 0 Å². The molecule has 1 aliphatic carbocycles. The Balaban J connectivity index is 1.28. The summed E-state index contributed by atoms with van der Waals surface area (Å²) in [5, 5.41) is 16.4. The van der Waals surface area contributed by atoms with Gasteiger partial charge in [-0.1, -0.05) is 65.8 Å². The lowest BCUT2D eigenvalue weighted by atomic mass is 9.93. The summed E-state index contributed by atoms with van der Waals surface area (Å²) in [6.45, 7) is 3.51. The van der Waals surface area contributed by atoms with Crippen molar-refractivity contribution in [1.82, 2.24) is 5.16 Å². The highest BCUT2D eigenvalue weighted by molar-refractivity contribution is 5.91. The minimum absolute atomic E-state index is 0.442. The fourth-order valence-electron chi connectivity index (χ4n) is 4.50. The number of carbonyl (C=O) groups excluding carboxylic acids is 1. The van der Waals surface area contributed by atoms with E-state index in [1.807, 2.05) is 72.8 Å². The number of aliphatic carboxylic acids is 1. The van der Waals surface area contributed by atoms with Gasteiger partial charge >= 0.3 is 12.1 Å². The van der Waals surface area contributed by atoms with Crippen molar-refractivity contribution in [2.75, 3.05) is 12.4 Å². The molecule has 1 aromatic heterocycles. The van der Waals surface area contributed by atoms with Crippen molar-refractivity contribution in [3.05, 3.63) is 89.7 Å². The molecular weight excluding hydrogens is 484 g/mol. The van der Waals surface area contributed by atoms with Gasteiger partial charge in [0.25, 0.3) is 0 Å². The third-order valence-corrected chi connectivity index (χ3v) is 7.05. The van der Waals surface area contributed by atoms with Gasteiger partial charge in [-0.3, -0.25) is 10.1 Å². The van der Waals surface area contributed by atoms with Gasteiger partial charge in [-0.2, -0.15) is 0 Å². The average Bonchev–Trinajstić information content (AvgIpc) is 3.68. The number of carboxylic acids is 1. The number of methoxy groups -OCH3 is 1. The third-order valence-electron chi connectivity index (χ3n) is 7.05. The fourth-order valence-corrected chi connectivity index (χ4v) is 4.50. The maximum Gasteiger partial charge on any atom is 0.412 e.